The van der Waals surface area contributed by atoms with Crippen LogP contribution in [0.2, 0.25) is 8.67 Å². The molecule has 0 saturated carbocycles. The molecule has 124 valence electrons. The van der Waals surface area contributed by atoms with Crippen LogP contribution in [0.15, 0.2) is 40.6 Å². The molecule has 3 nitrogen and oxygen atoms in total. The van der Waals surface area contributed by atoms with Crippen LogP contribution in [-0.2, 0) is 0 Å². The van der Waals surface area contributed by atoms with Crippen molar-refractivity contribution in [1.82, 2.24) is 4.98 Å². The van der Waals surface area contributed by atoms with Gasteiger partial charge in [0.25, 0.3) is 5.91 Å². The number of benzene rings is 1. The fourth-order valence-electron chi connectivity index (χ4n) is 2.03. The molecule has 0 saturated heterocycles. The van der Waals surface area contributed by atoms with Crippen molar-refractivity contribution in [1.29, 1.82) is 0 Å². The van der Waals surface area contributed by atoms with Crippen LogP contribution in [0.4, 0.5) is 5.13 Å². The van der Waals surface area contributed by atoms with E-state index in [0.29, 0.717) is 25.1 Å². The van der Waals surface area contributed by atoms with E-state index in [4.69, 9.17) is 23.2 Å². The molecular formula is C16H12Cl2N2OS3. The molecule has 24 heavy (non-hydrogen) atoms. The van der Waals surface area contributed by atoms with Crippen LogP contribution >= 0.6 is 57.6 Å². The van der Waals surface area contributed by atoms with Crippen molar-refractivity contribution in [3.63, 3.8) is 0 Å². The van der Waals surface area contributed by atoms with Gasteiger partial charge in [0.05, 0.1) is 10.0 Å². The Morgan fingerprint density at radius 2 is 2.17 bits per heavy atom. The number of carbonyl (C=O) groups excluding carboxylic acids is 1. The van der Waals surface area contributed by atoms with Crippen molar-refractivity contribution in [2.75, 3.05) is 11.1 Å². The maximum Gasteiger partial charge on any atom is 0.257 e. The lowest BCUT2D eigenvalue weighted by Crippen LogP contribution is -2.11. The maximum absolute atomic E-state index is 12.4. The molecule has 1 amide bonds. The van der Waals surface area contributed by atoms with Gasteiger partial charge in [-0.05, 0) is 30.0 Å². The minimum absolute atomic E-state index is 0.177. The molecule has 0 bridgehead atoms. The number of thioether (sulfide) groups is 1. The standard InChI is InChI=1S/C16H12Cl2N2OS3/c1-2-22-10-5-3-4-9(6-10)15(21)20-16-19-12(8-23-16)11-7-13(17)24-14(11)18/h3-8H,2H2,1H3,(H,19,20,21). The zero-order valence-electron chi connectivity index (χ0n) is 12.5. The van der Waals surface area contributed by atoms with Gasteiger partial charge in [0.15, 0.2) is 5.13 Å². The molecule has 0 radical (unpaired) electrons. The number of thiazole rings is 1. The summed E-state index contributed by atoms with van der Waals surface area (Å²) in [5, 5.41) is 5.21. The maximum atomic E-state index is 12.4. The largest absolute Gasteiger partial charge is 0.298 e. The minimum Gasteiger partial charge on any atom is -0.298 e. The van der Waals surface area contributed by atoms with Gasteiger partial charge in [-0.25, -0.2) is 4.98 Å². The van der Waals surface area contributed by atoms with Gasteiger partial charge in [0.2, 0.25) is 0 Å². The van der Waals surface area contributed by atoms with E-state index in [2.05, 4.69) is 17.2 Å². The summed E-state index contributed by atoms with van der Waals surface area (Å²) in [4.78, 5) is 17.9. The summed E-state index contributed by atoms with van der Waals surface area (Å²) >= 11 is 16.5. The number of anilines is 1. The molecular weight excluding hydrogens is 403 g/mol. The van der Waals surface area contributed by atoms with Gasteiger partial charge >= 0.3 is 0 Å². The predicted molar refractivity (Wildman–Crippen MR) is 106 cm³/mol. The average molecular weight is 415 g/mol. The van der Waals surface area contributed by atoms with E-state index < -0.39 is 0 Å². The fourth-order valence-corrected chi connectivity index (χ4v) is 4.94. The Balaban J connectivity index is 1.76. The van der Waals surface area contributed by atoms with E-state index in [1.807, 2.05) is 23.6 Å². The van der Waals surface area contributed by atoms with Crippen molar-refractivity contribution in [2.24, 2.45) is 0 Å². The molecule has 1 aromatic carbocycles. The molecule has 2 heterocycles. The molecule has 1 N–H and O–H groups in total. The lowest BCUT2D eigenvalue weighted by molar-refractivity contribution is 0.102. The molecule has 0 fully saturated rings. The van der Waals surface area contributed by atoms with Crippen molar-refractivity contribution >= 4 is 68.7 Å². The van der Waals surface area contributed by atoms with Gasteiger partial charge in [-0.1, -0.05) is 36.2 Å². The van der Waals surface area contributed by atoms with Crippen LogP contribution in [0.1, 0.15) is 17.3 Å². The van der Waals surface area contributed by atoms with Crippen molar-refractivity contribution in [3.8, 4) is 11.3 Å². The Bertz CT molecular complexity index is 876. The van der Waals surface area contributed by atoms with Crippen molar-refractivity contribution in [2.45, 2.75) is 11.8 Å². The highest BCUT2D eigenvalue weighted by atomic mass is 35.5. The first-order valence-corrected chi connectivity index (χ1v) is 10.5. The Labute approximate surface area is 162 Å². The Morgan fingerprint density at radius 1 is 1.33 bits per heavy atom. The highest BCUT2D eigenvalue weighted by Crippen LogP contribution is 2.39. The normalized spacial score (nSPS) is 10.8. The Morgan fingerprint density at radius 3 is 2.88 bits per heavy atom. The number of hydrogen-bond donors (Lipinski definition) is 1. The molecule has 2 aromatic heterocycles. The van der Waals surface area contributed by atoms with Gasteiger partial charge in [0.1, 0.15) is 4.34 Å². The zero-order chi connectivity index (χ0) is 17.1. The molecule has 3 rings (SSSR count). The van der Waals surface area contributed by atoms with E-state index in [1.165, 1.54) is 22.7 Å². The first-order valence-electron chi connectivity index (χ1n) is 7.01. The van der Waals surface area contributed by atoms with E-state index in [9.17, 15) is 4.79 Å². The van der Waals surface area contributed by atoms with Gasteiger partial charge in [-0.15, -0.1) is 34.4 Å². The number of thiophene rings is 1. The first kappa shape index (κ1) is 17.8. The third-order valence-corrected chi connectivity index (χ3v) is 6.19. The van der Waals surface area contributed by atoms with Gasteiger partial charge < -0.3 is 0 Å². The Hall–Kier alpha value is -1.05. The van der Waals surface area contributed by atoms with Crippen LogP contribution in [0, 0.1) is 0 Å². The van der Waals surface area contributed by atoms with Crippen molar-refractivity contribution < 1.29 is 4.79 Å². The smallest absolute Gasteiger partial charge is 0.257 e. The summed E-state index contributed by atoms with van der Waals surface area (Å²) in [5.41, 5.74) is 2.10. The van der Waals surface area contributed by atoms with Crippen LogP contribution in [0.3, 0.4) is 0 Å². The number of aromatic nitrogens is 1. The second kappa shape index (κ2) is 7.89. The molecule has 0 aliphatic carbocycles. The number of hydrogen-bond acceptors (Lipinski definition) is 5. The van der Waals surface area contributed by atoms with E-state index in [1.54, 1.807) is 23.9 Å². The second-order valence-corrected chi connectivity index (χ2v) is 9.17. The minimum atomic E-state index is -0.177. The zero-order valence-corrected chi connectivity index (χ0v) is 16.5. The van der Waals surface area contributed by atoms with Crippen LogP contribution in [-0.4, -0.2) is 16.6 Å². The number of carbonyl (C=O) groups is 1. The predicted octanol–water partition coefficient (Wildman–Crippen LogP) is 6.54. The number of nitrogens with zero attached hydrogens (tertiary/aromatic N) is 1. The van der Waals surface area contributed by atoms with Gasteiger partial charge in [-0.3, -0.25) is 10.1 Å². The van der Waals surface area contributed by atoms with Gasteiger partial charge in [0, 0.05) is 21.4 Å². The SMILES string of the molecule is CCSc1cccc(C(=O)Nc2nc(-c3cc(Cl)sc3Cl)cs2)c1. The first-order chi connectivity index (χ1) is 11.6. The number of halogens is 2. The average Bonchev–Trinajstić information content (AvgIpc) is 3.14. The molecule has 0 unspecified atom stereocenters. The lowest BCUT2D eigenvalue weighted by Gasteiger charge is -2.04. The van der Waals surface area contributed by atoms with Crippen LogP contribution in [0.5, 0.6) is 0 Å². The van der Waals surface area contributed by atoms with Crippen LogP contribution in [0.25, 0.3) is 11.3 Å². The topological polar surface area (TPSA) is 42.0 Å². The highest BCUT2D eigenvalue weighted by molar-refractivity contribution is 7.99. The molecule has 0 atom stereocenters. The van der Waals surface area contributed by atoms with E-state index in [0.717, 1.165) is 16.2 Å². The van der Waals surface area contributed by atoms with Crippen molar-refractivity contribution in [3.05, 3.63) is 49.9 Å². The number of rotatable bonds is 5. The summed E-state index contributed by atoms with van der Waals surface area (Å²) in [6.07, 6.45) is 0. The quantitative estimate of drug-likeness (QED) is 0.481. The molecule has 3 aromatic rings. The third kappa shape index (κ3) is 4.13. The number of amides is 1. The van der Waals surface area contributed by atoms with E-state index in [-0.39, 0.29) is 5.91 Å². The molecule has 8 heteroatoms. The summed E-state index contributed by atoms with van der Waals surface area (Å²) in [7, 11) is 0. The molecule has 0 aliphatic heterocycles. The second-order valence-electron chi connectivity index (χ2n) is 4.69. The molecule has 0 spiro atoms. The summed E-state index contributed by atoms with van der Waals surface area (Å²) in [6, 6.07) is 9.33. The monoisotopic (exact) mass is 414 g/mol. The summed E-state index contributed by atoms with van der Waals surface area (Å²) in [6.45, 7) is 2.08. The Kier molecular flexibility index (Phi) is 5.84. The highest BCUT2D eigenvalue weighted by Gasteiger charge is 2.14. The molecule has 0 aliphatic rings. The fraction of sp³-hybridized carbons (Fsp3) is 0.125. The number of nitrogens with one attached hydrogen (secondary N) is 1. The van der Waals surface area contributed by atoms with Crippen LogP contribution < -0.4 is 5.32 Å². The summed E-state index contributed by atoms with van der Waals surface area (Å²) in [5.74, 6) is 0.786. The third-order valence-electron chi connectivity index (χ3n) is 3.06. The lowest BCUT2D eigenvalue weighted by atomic mass is 10.2. The van der Waals surface area contributed by atoms with E-state index >= 15 is 0 Å². The summed E-state index contributed by atoms with van der Waals surface area (Å²) < 4.78 is 1.20. The van der Waals surface area contributed by atoms with Gasteiger partial charge in [-0.2, -0.15) is 0 Å².